The molecule has 3 aromatic carbocycles. The standard InChI is InChI=1S/C22H21ClN2O3S/c1-16-12-17(2)14-19(13-16)24-22(26)15-25(20-6-4-3-5-7-20)29(27,28)21-10-8-18(23)9-11-21/h3-14H,15H2,1-2H3,(H,24,26). The van der Waals surface area contributed by atoms with Crippen molar-refractivity contribution in [3.63, 3.8) is 0 Å². The maximum absolute atomic E-state index is 13.2. The molecular weight excluding hydrogens is 408 g/mol. The number of nitrogens with one attached hydrogen (secondary N) is 1. The number of aryl methyl sites for hydroxylation is 2. The molecule has 0 unspecified atom stereocenters. The number of rotatable bonds is 6. The van der Waals surface area contributed by atoms with Crippen molar-refractivity contribution in [3.05, 3.63) is 88.9 Å². The molecule has 0 atom stereocenters. The molecule has 0 fully saturated rings. The average molecular weight is 429 g/mol. The summed E-state index contributed by atoms with van der Waals surface area (Å²) in [6.45, 7) is 3.51. The summed E-state index contributed by atoms with van der Waals surface area (Å²) < 4.78 is 27.6. The first-order valence-electron chi connectivity index (χ1n) is 8.97. The van der Waals surface area contributed by atoms with Crippen molar-refractivity contribution < 1.29 is 13.2 Å². The van der Waals surface area contributed by atoms with E-state index in [4.69, 9.17) is 11.6 Å². The van der Waals surface area contributed by atoms with Gasteiger partial charge in [-0.15, -0.1) is 0 Å². The fraction of sp³-hybridized carbons (Fsp3) is 0.136. The second-order valence-corrected chi connectivity index (χ2v) is 9.02. The van der Waals surface area contributed by atoms with Gasteiger partial charge in [-0.1, -0.05) is 35.9 Å². The number of anilines is 2. The van der Waals surface area contributed by atoms with Gasteiger partial charge < -0.3 is 5.32 Å². The summed E-state index contributed by atoms with van der Waals surface area (Å²) in [5.74, 6) is -0.434. The van der Waals surface area contributed by atoms with Crippen molar-refractivity contribution in [2.45, 2.75) is 18.7 Å². The molecule has 0 saturated carbocycles. The third-order valence-corrected chi connectivity index (χ3v) is 6.28. The number of hydrogen-bond donors (Lipinski definition) is 1. The maximum Gasteiger partial charge on any atom is 0.264 e. The lowest BCUT2D eigenvalue weighted by Crippen LogP contribution is -2.38. The van der Waals surface area contributed by atoms with E-state index in [1.165, 1.54) is 24.3 Å². The van der Waals surface area contributed by atoms with E-state index >= 15 is 0 Å². The second kappa shape index (κ2) is 8.68. The Bertz CT molecular complexity index is 1090. The lowest BCUT2D eigenvalue weighted by Gasteiger charge is -2.24. The lowest BCUT2D eigenvalue weighted by atomic mass is 10.1. The van der Waals surface area contributed by atoms with Crippen LogP contribution in [0.2, 0.25) is 5.02 Å². The number of sulfonamides is 1. The molecule has 1 N–H and O–H groups in total. The van der Waals surface area contributed by atoms with Gasteiger partial charge in [-0.05, 0) is 73.5 Å². The van der Waals surface area contributed by atoms with Crippen molar-refractivity contribution in [3.8, 4) is 0 Å². The highest BCUT2D eigenvalue weighted by Crippen LogP contribution is 2.25. The maximum atomic E-state index is 13.2. The number of para-hydroxylation sites is 1. The number of benzene rings is 3. The van der Waals surface area contributed by atoms with E-state index in [0.717, 1.165) is 15.4 Å². The molecule has 29 heavy (non-hydrogen) atoms. The van der Waals surface area contributed by atoms with E-state index in [1.54, 1.807) is 30.3 Å². The van der Waals surface area contributed by atoms with E-state index in [-0.39, 0.29) is 11.4 Å². The molecule has 5 nitrogen and oxygen atoms in total. The van der Waals surface area contributed by atoms with Gasteiger partial charge in [0.2, 0.25) is 5.91 Å². The van der Waals surface area contributed by atoms with Gasteiger partial charge in [0.25, 0.3) is 10.0 Å². The quantitative estimate of drug-likeness (QED) is 0.613. The molecule has 0 bridgehead atoms. The van der Waals surface area contributed by atoms with Crippen molar-refractivity contribution in [1.29, 1.82) is 0 Å². The molecule has 0 spiro atoms. The van der Waals surface area contributed by atoms with Gasteiger partial charge in [0, 0.05) is 10.7 Å². The third kappa shape index (κ3) is 5.16. The molecule has 0 aliphatic rings. The van der Waals surface area contributed by atoms with E-state index in [1.807, 2.05) is 32.0 Å². The van der Waals surface area contributed by atoms with E-state index in [0.29, 0.717) is 16.4 Å². The Balaban J connectivity index is 1.92. The Labute approximate surface area is 176 Å². The molecule has 150 valence electrons. The molecule has 3 aromatic rings. The van der Waals surface area contributed by atoms with Crippen molar-refractivity contribution in [2.75, 3.05) is 16.2 Å². The highest BCUT2D eigenvalue weighted by Gasteiger charge is 2.27. The van der Waals surface area contributed by atoms with Gasteiger partial charge >= 0.3 is 0 Å². The van der Waals surface area contributed by atoms with Crippen LogP contribution in [0.3, 0.4) is 0 Å². The minimum absolute atomic E-state index is 0.0601. The molecule has 0 aliphatic carbocycles. The fourth-order valence-corrected chi connectivity index (χ4v) is 4.57. The van der Waals surface area contributed by atoms with Crippen LogP contribution in [0.4, 0.5) is 11.4 Å². The third-order valence-electron chi connectivity index (χ3n) is 4.24. The minimum Gasteiger partial charge on any atom is -0.324 e. The highest BCUT2D eigenvalue weighted by atomic mass is 35.5. The first-order valence-corrected chi connectivity index (χ1v) is 10.8. The smallest absolute Gasteiger partial charge is 0.264 e. The topological polar surface area (TPSA) is 66.5 Å². The Kier molecular flexibility index (Phi) is 6.25. The Hall–Kier alpha value is -2.83. The first-order chi connectivity index (χ1) is 13.8. The Morgan fingerprint density at radius 1 is 0.931 bits per heavy atom. The molecule has 0 radical (unpaired) electrons. The summed E-state index contributed by atoms with van der Waals surface area (Å²) in [4.78, 5) is 12.8. The van der Waals surface area contributed by atoms with Crippen LogP contribution < -0.4 is 9.62 Å². The van der Waals surface area contributed by atoms with Crippen molar-refractivity contribution in [2.24, 2.45) is 0 Å². The van der Waals surface area contributed by atoms with Gasteiger partial charge in [-0.25, -0.2) is 8.42 Å². The van der Waals surface area contributed by atoms with Crippen LogP contribution in [0.5, 0.6) is 0 Å². The largest absolute Gasteiger partial charge is 0.324 e. The monoisotopic (exact) mass is 428 g/mol. The first kappa shape index (κ1) is 20.9. The Morgan fingerprint density at radius 3 is 2.10 bits per heavy atom. The number of carbonyl (C=O) groups excluding carboxylic acids is 1. The van der Waals surface area contributed by atoms with Crippen molar-refractivity contribution in [1.82, 2.24) is 0 Å². The molecule has 0 aromatic heterocycles. The zero-order chi connectivity index (χ0) is 21.0. The van der Waals surface area contributed by atoms with E-state index in [2.05, 4.69) is 5.32 Å². The summed E-state index contributed by atoms with van der Waals surface area (Å²) >= 11 is 5.89. The minimum atomic E-state index is -3.96. The molecule has 1 amide bonds. The number of halogens is 1. The van der Waals surface area contributed by atoms with Gasteiger partial charge in [-0.2, -0.15) is 0 Å². The molecule has 0 aliphatic heterocycles. The predicted molar refractivity (Wildman–Crippen MR) is 117 cm³/mol. The SMILES string of the molecule is Cc1cc(C)cc(NC(=O)CN(c2ccccc2)S(=O)(=O)c2ccc(Cl)cc2)c1. The predicted octanol–water partition coefficient (Wildman–Crippen LogP) is 4.79. The average Bonchev–Trinajstić information content (AvgIpc) is 2.66. The molecule has 7 heteroatoms. The van der Waals surface area contributed by atoms with Crippen LogP contribution in [0.15, 0.2) is 77.7 Å². The number of hydrogen-bond acceptors (Lipinski definition) is 3. The molecule has 0 heterocycles. The normalized spacial score (nSPS) is 11.1. The van der Waals surface area contributed by atoms with Crippen LogP contribution in [0, 0.1) is 13.8 Å². The van der Waals surface area contributed by atoms with Crippen LogP contribution in [-0.2, 0) is 14.8 Å². The summed E-state index contributed by atoms with van der Waals surface area (Å²) in [6.07, 6.45) is 0. The zero-order valence-electron chi connectivity index (χ0n) is 16.1. The number of nitrogens with zero attached hydrogens (tertiary/aromatic N) is 1. The summed E-state index contributed by atoms with van der Waals surface area (Å²) in [7, 11) is -3.96. The van der Waals surface area contributed by atoms with Crippen LogP contribution in [0.25, 0.3) is 0 Å². The fourth-order valence-electron chi connectivity index (χ4n) is 3.02. The summed E-state index contributed by atoms with van der Waals surface area (Å²) in [5.41, 5.74) is 3.05. The number of amides is 1. The zero-order valence-corrected chi connectivity index (χ0v) is 17.7. The highest BCUT2D eigenvalue weighted by molar-refractivity contribution is 7.92. The van der Waals surface area contributed by atoms with Crippen LogP contribution in [-0.4, -0.2) is 20.9 Å². The van der Waals surface area contributed by atoms with Crippen LogP contribution >= 0.6 is 11.6 Å². The van der Waals surface area contributed by atoms with E-state index < -0.39 is 15.9 Å². The molecule has 3 rings (SSSR count). The van der Waals surface area contributed by atoms with Crippen molar-refractivity contribution >= 4 is 38.9 Å². The van der Waals surface area contributed by atoms with Gasteiger partial charge in [0.1, 0.15) is 6.54 Å². The number of carbonyl (C=O) groups is 1. The van der Waals surface area contributed by atoms with Gasteiger partial charge in [0.15, 0.2) is 0 Å². The van der Waals surface area contributed by atoms with Crippen LogP contribution in [0.1, 0.15) is 11.1 Å². The molecular formula is C22H21ClN2O3S. The summed E-state index contributed by atoms with van der Waals surface area (Å²) in [6, 6.07) is 20.1. The lowest BCUT2D eigenvalue weighted by molar-refractivity contribution is -0.114. The Morgan fingerprint density at radius 2 is 1.52 bits per heavy atom. The van der Waals surface area contributed by atoms with Gasteiger partial charge in [0.05, 0.1) is 10.6 Å². The van der Waals surface area contributed by atoms with Gasteiger partial charge in [-0.3, -0.25) is 9.10 Å². The second-order valence-electron chi connectivity index (χ2n) is 6.73. The molecule has 0 saturated heterocycles. The van der Waals surface area contributed by atoms with E-state index in [9.17, 15) is 13.2 Å². The summed E-state index contributed by atoms with van der Waals surface area (Å²) in [5, 5.41) is 3.22.